The maximum Gasteiger partial charge on any atom is 0.260 e. The fourth-order valence-corrected chi connectivity index (χ4v) is 5.76. The Kier molecular flexibility index (Phi) is 5.41. The van der Waals surface area contributed by atoms with Crippen LogP contribution in [-0.2, 0) is 11.2 Å². The molecule has 4 aromatic rings. The van der Waals surface area contributed by atoms with Gasteiger partial charge < -0.3 is 14.3 Å². The molecular weight excluding hydrogens is 430 g/mol. The summed E-state index contributed by atoms with van der Waals surface area (Å²) in [5.74, 6) is 2.11. The van der Waals surface area contributed by atoms with Crippen LogP contribution in [0, 0.1) is 0 Å². The topological polar surface area (TPSA) is 79.2 Å². The molecule has 0 radical (unpaired) electrons. The zero-order valence-electron chi connectivity index (χ0n) is 17.0. The number of hydrogen-bond acceptors (Lipinski definition) is 6. The Labute approximate surface area is 187 Å². The smallest absolute Gasteiger partial charge is 0.260 e. The monoisotopic (exact) mass is 451 g/mol. The molecule has 158 valence electrons. The van der Waals surface area contributed by atoms with Crippen molar-refractivity contribution in [3.63, 3.8) is 0 Å². The maximum absolute atomic E-state index is 12.8. The van der Waals surface area contributed by atoms with Gasteiger partial charge in [0, 0.05) is 35.3 Å². The molecule has 1 aliphatic rings. The molecule has 0 fully saturated rings. The molecule has 0 saturated heterocycles. The first-order chi connectivity index (χ1) is 15.1. The van der Waals surface area contributed by atoms with E-state index in [1.807, 2.05) is 41.5 Å². The lowest BCUT2D eigenvalue weighted by atomic mass is 10.2. The van der Waals surface area contributed by atoms with E-state index in [9.17, 15) is 9.59 Å². The third-order valence-electron chi connectivity index (χ3n) is 5.51. The molecule has 1 aromatic carbocycles. The van der Waals surface area contributed by atoms with Crippen LogP contribution in [0.3, 0.4) is 0 Å². The van der Waals surface area contributed by atoms with Gasteiger partial charge in [-0.1, -0.05) is 18.2 Å². The quantitative estimate of drug-likeness (QED) is 0.445. The molecular formula is C23H21N3O3S2. The summed E-state index contributed by atoms with van der Waals surface area (Å²) in [4.78, 5) is 35.6. The number of para-hydroxylation sites is 1. The minimum absolute atomic E-state index is 0.0232. The fourth-order valence-electron chi connectivity index (χ4n) is 3.91. The number of thioether (sulfide) groups is 1. The second-order valence-electron chi connectivity index (χ2n) is 7.45. The van der Waals surface area contributed by atoms with Gasteiger partial charge in [-0.05, 0) is 37.1 Å². The van der Waals surface area contributed by atoms with Gasteiger partial charge in [-0.3, -0.25) is 9.59 Å². The van der Waals surface area contributed by atoms with Crippen LogP contribution >= 0.6 is 23.1 Å². The van der Waals surface area contributed by atoms with Gasteiger partial charge in [0.25, 0.3) is 5.56 Å². The number of hydrogen-bond donors (Lipinski definition) is 1. The fraction of sp³-hybridized carbons (Fsp3) is 0.261. The lowest BCUT2D eigenvalue weighted by Crippen LogP contribution is -2.29. The number of furan rings is 1. The first-order valence-corrected chi connectivity index (χ1v) is 12.1. The summed E-state index contributed by atoms with van der Waals surface area (Å²) in [7, 11) is 0. The third kappa shape index (κ3) is 3.81. The summed E-state index contributed by atoms with van der Waals surface area (Å²) in [5.41, 5.74) is 2.87. The molecule has 1 atom stereocenters. The number of carbonyl (C=O) groups is 1. The van der Waals surface area contributed by atoms with Crippen LogP contribution in [0.5, 0.6) is 0 Å². The van der Waals surface area contributed by atoms with Crippen LogP contribution in [-0.4, -0.2) is 28.2 Å². The molecule has 8 heteroatoms. The molecule has 5 rings (SSSR count). The molecule has 0 saturated carbocycles. The van der Waals surface area contributed by atoms with Crippen molar-refractivity contribution in [1.29, 1.82) is 0 Å². The van der Waals surface area contributed by atoms with Crippen LogP contribution in [0.1, 0.15) is 30.0 Å². The molecule has 4 heterocycles. The van der Waals surface area contributed by atoms with Crippen molar-refractivity contribution in [3.8, 4) is 11.3 Å². The number of H-pyrrole nitrogens is 1. The maximum atomic E-state index is 12.8. The minimum atomic E-state index is -0.162. The average molecular weight is 452 g/mol. The van der Waals surface area contributed by atoms with E-state index in [0.29, 0.717) is 34.0 Å². The number of benzene rings is 1. The van der Waals surface area contributed by atoms with Crippen molar-refractivity contribution in [1.82, 2.24) is 9.97 Å². The first kappa shape index (κ1) is 20.1. The van der Waals surface area contributed by atoms with Crippen molar-refractivity contribution >= 4 is 44.9 Å². The molecule has 1 unspecified atom stereocenters. The normalized spacial score (nSPS) is 14.2. The number of aromatic amines is 1. The molecule has 0 bridgehead atoms. The molecule has 3 aromatic heterocycles. The Morgan fingerprint density at radius 3 is 3.03 bits per heavy atom. The third-order valence-corrected chi connectivity index (χ3v) is 7.54. The van der Waals surface area contributed by atoms with Crippen LogP contribution in [0.25, 0.3) is 21.5 Å². The number of thiophene rings is 1. The number of nitrogens with one attached hydrogen (secondary N) is 1. The average Bonchev–Trinajstić information content (AvgIpc) is 3.52. The highest BCUT2D eigenvalue weighted by Gasteiger charge is 2.24. The van der Waals surface area contributed by atoms with Gasteiger partial charge in [0.15, 0.2) is 0 Å². The molecule has 0 spiro atoms. The highest BCUT2D eigenvalue weighted by molar-refractivity contribution is 7.99. The van der Waals surface area contributed by atoms with Crippen LogP contribution < -0.4 is 10.5 Å². The van der Waals surface area contributed by atoms with E-state index in [4.69, 9.17) is 4.42 Å². The van der Waals surface area contributed by atoms with E-state index in [-0.39, 0.29) is 16.7 Å². The van der Waals surface area contributed by atoms with Gasteiger partial charge in [-0.2, -0.15) is 11.8 Å². The zero-order valence-corrected chi connectivity index (χ0v) is 18.6. The Bertz CT molecular complexity index is 1290. The molecule has 6 nitrogen and oxygen atoms in total. The van der Waals surface area contributed by atoms with E-state index in [1.54, 1.807) is 24.1 Å². The minimum Gasteiger partial charge on any atom is -0.464 e. The lowest BCUT2D eigenvalue weighted by molar-refractivity contribution is -0.118. The lowest BCUT2D eigenvalue weighted by Gasteiger charge is -2.18. The molecule has 0 aliphatic carbocycles. The Morgan fingerprint density at radius 2 is 2.19 bits per heavy atom. The largest absolute Gasteiger partial charge is 0.464 e. The van der Waals surface area contributed by atoms with E-state index >= 15 is 0 Å². The Hall–Kier alpha value is -2.84. The molecule has 31 heavy (non-hydrogen) atoms. The number of aromatic nitrogens is 2. The Balaban J connectivity index is 1.25. The van der Waals surface area contributed by atoms with Crippen LogP contribution in [0.2, 0.25) is 0 Å². The van der Waals surface area contributed by atoms with E-state index < -0.39 is 0 Å². The molecule has 1 N–H and O–H groups in total. The van der Waals surface area contributed by atoms with E-state index in [2.05, 4.69) is 16.0 Å². The molecule has 1 amide bonds. The number of nitrogens with zero attached hydrogens (tertiary/aromatic N) is 2. The second kappa shape index (κ2) is 8.36. The SMILES string of the molecule is CC(SCCC(=O)N1CCc2ccccc21)c1nc2scc(-c3ccco3)c2c(=O)[nH]1. The zero-order chi connectivity index (χ0) is 21.4. The number of amides is 1. The highest BCUT2D eigenvalue weighted by Crippen LogP contribution is 2.33. The summed E-state index contributed by atoms with van der Waals surface area (Å²) < 4.78 is 5.44. The van der Waals surface area contributed by atoms with Crippen molar-refractivity contribution < 1.29 is 9.21 Å². The predicted octanol–water partition coefficient (Wildman–Crippen LogP) is 5.02. The van der Waals surface area contributed by atoms with Gasteiger partial charge in [0.2, 0.25) is 5.91 Å². The number of anilines is 1. The predicted molar refractivity (Wildman–Crippen MR) is 126 cm³/mol. The Morgan fingerprint density at radius 1 is 1.32 bits per heavy atom. The van der Waals surface area contributed by atoms with Crippen molar-refractivity contribution in [3.05, 3.63) is 69.8 Å². The number of rotatable bonds is 6. The van der Waals surface area contributed by atoms with Gasteiger partial charge in [-0.15, -0.1) is 11.3 Å². The van der Waals surface area contributed by atoms with Gasteiger partial charge in [-0.25, -0.2) is 4.98 Å². The van der Waals surface area contributed by atoms with Crippen LogP contribution in [0.4, 0.5) is 5.69 Å². The highest BCUT2D eigenvalue weighted by atomic mass is 32.2. The van der Waals surface area contributed by atoms with Crippen molar-refractivity contribution in [2.45, 2.75) is 25.0 Å². The standard InChI is InChI=1S/C23H21N3O3S2/c1-14(30-12-9-19(27)26-10-8-15-5-2-3-6-17(15)26)21-24-22(28)20-16(13-31-23(20)25-21)18-7-4-11-29-18/h2-7,11,13-14H,8-10,12H2,1H3,(H,24,25,28). The summed E-state index contributed by atoms with van der Waals surface area (Å²) in [5, 5.41) is 2.44. The number of fused-ring (bicyclic) bond motifs is 2. The van der Waals surface area contributed by atoms with Crippen molar-refractivity contribution in [2.75, 3.05) is 17.2 Å². The van der Waals surface area contributed by atoms with Crippen molar-refractivity contribution in [2.24, 2.45) is 0 Å². The van der Waals surface area contributed by atoms with E-state index in [1.165, 1.54) is 16.9 Å². The van der Waals surface area contributed by atoms with E-state index in [0.717, 1.165) is 24.2 Å². The second-order valence-corrected chi connectivity index (χ2v) is 9.75. The summed E-state index contributed by atoms with van der Waals surface area (Å²) in [6.07, 6.45) is 2.96. The van der Waals surface area contributed by atoms with Gasteiger partial charge >= 0.3 is 0 Å². The summed E-state index contributed by atoms with van der Waals surface area (Å²) in [6.45, 7) is 2.76. The first-order valence-electron chi connectivity index (χ1n) is 10.2. The van der Waals surface area contributed by atoms with Crippen LogP contribution in [0.15, 0.2) is 57.3 Å². The molecule has 1 aliphatic heterocycles. The van der Waals surface area contributed by atoms with Gasteiger partial charge in [0.05, 0.1) is 16.9 Å². The summed E-state index contributed by atoms with van der Waals surface area (Å²) in [6, 6.07) is 11.7. The van der Waals surface area contributed by atoms with Gasteiger partial charge in [0.1, 0.15) is 16.4 Å². The number of carbonyl (C=O) groups excluding carboxylic acids is 1. The summed E-state index contributed by atoms with van der Waals surface area (Å²) >= 11 is 3.06.